The summed E-state index contributed by atoms with van der Waals surface area (Å²) in [6.45, 7) is 7.30. The van der Waals surface area contributed by atoms with E-state index >= 15 is 0 Å². The molecule has 2 aliphatic rings. The van der Waals surface area contributed by atoms with Crippen molar-refractivity contribution in [2.75, 3.05) is 57.4 Å². The molecule has 5 heteroatoms. The van der Waals surface area contributed by atoms with Gasteiger partial charge in [-0.1, -0.05) is 12.1 Å². The van der Waals surface area contributed by atoms with Crippen molar-refractivity contribution in [3.8, 4) is 0 Å². The predicted molar refractivity (Wildman–Crippen MR) is 77.7 cm³/mol. The van der Waals surface area contributed by atoms with Gasteiger partial charge in [-0.3, -0.25) is 4.90 Å². The molecule has 1 aromatic rings. The lowest BCUT2D eigenvalue weighted by atomic mass is 10.2. The van der Waals surface area contributed by atoms with Gasteiger partial charge in [0.15, 0.2) is 0 Å². The van der Waals surface area contributed by atoms with Crippen LogP contribution < -0.4 is 10.2 Å². The molecule has 4 nitrogen and oxygen atoms in total. The number of hydrogen-bond donors (Lipinski definition) is 1. The van der Waals surface area contributed by atoms with E-state index in [1.165, 1.54) is 6.07 Å². The van der Waals surface area contributed by atoms with E-state index in [0.29, 0.717) is 6.04 Å². The lowest BCUT2D eigenvalue weighted by Gasteiger charge is -2.38. The first-order chi connectivity index (χ1) is 9.83. The molecule has 20 heavy (non-hydrogen) atoms. The van der Waals surface area contributed by atoms with E-state index in [9.17, 15) is 4.39 Å². The summed E-state index contributed by atoms with van der Waals surface area (Å²) in [5, 5.41) is 3.48. The number of hydrogen-bond acceptors (Lipinski definition) is 4. The van der Waals surface area contributed by atoms with Gasteiger partial charge in [0.05, 0.1) is 18.9 Å². The SMILES string of the molecule is Fc1ccccc1N1CCN(CC2COCCN2)CC1. The van der Waals surface area contributed by atoms with E-state index in [-0.39, 0.29) is 5.82 Å². The summed E-state index contributed by atoms with van der Waals surface area (Å²) in [6.07, 6.45) is 0. The molecule has 0 saturated carbocycles. The van der Waals surface area contributed by atoms with Gasteiger partial charge >= 0.3 is 0 Å². The van der Waals surface area contributed by atoms with Crippen LogP contribution in [0.1, 0.15) is 0 Å². The minimum absolute atomic E-state index is 0.122. The average Bonchev–Trinajstić information content (AvgIpc) is 2.50. The van der Waals surface area contributed by atoms with E-state index in [0.717, 1.165) is 58.2 Å². The molecule has 110 valence electrons. The van der Waals surface area contributed by atoms with Gasteiger partial charge < -0.3 is 15.0 Å². The van der Waals surface area contributed by atoms with Crippen molar-refractivity contribution in [1.29, 1.82) is 0 Å². The average molecular weight is 279 g/mol. The Labute approximate surface area is 119 Å². The molecule has 2 heterocycles. The molecule has 1 aromatic carbocycles. The summed E-state index contributed by atoms with van der Waals surface area (Å²) in [7, 11) is 0. The Morgan fingerprint density at radius 1 is 1.20 bits per heavy atom. The highest BCUT2D eigenvalue weighted by Gasteiger charge is 2.22. The van der Waals surface area contributed by atoms with Gasteiger partial charge in [-0.25, -0.2) is 4.39 Å². The van der Waals surface area contributed by atoms with Crippen molar-refractivity contribution >= 4 is 5.69 Å². The van der Waals surface area contributed by atoms with Crippen LogP contribution in [0.4, 0.5) is 10.1 Å². The number of para-hydroxylation sites is 1. The fraction of sp³-hybridized carbons (Fsp3) is 0.600. The highest BCUT2D eigenvalue weighted by Crippen LogP contribution is 2.20. The van der Waals surface area contributed by atoms with Crippen molar-refractivity contribution in [2.24, 2.45) is 0 Å². The smallest absolute Gasteiger partial charge is 0.146 e. The van der Waals surface area contributed by atoms with Crippen LogP contribution in [0.3, 0.4) is 0 Å². The van der Waals surface area contributed by atoms with Crippen LogP contribution in [-0.2, 0) is 4.74 Å². The van der Waals surface area contributed by atoms with Crippen LogP contribution in [0.25, 0.3) is 0 Å². The van der Waals surface area contributed by atoms with Crippen molar-refractivity contribution in [2.45, 2.75) is 6.04 Å². The van der Waals surface area contributed by atoms with Crippen molar-refractivity contribution in [3.05, 3.63) is 30.1 Å². The largest absolute Gasteiger partial charge is 0.378 e. The van der Waals surface area contributed by atoms with E-state index in [1.807, 2.05) is 12.1 Å². The zero-order valence-electron chi connectivity index (χ0n) is 11.7. The molecule has 0 radical (unpaired) electrons. The van der Waals surface area contributed by atoms with Gasteiger partial charge in [0.25, 0.3) is 0 Å². The monoisotopic (exact) mass is 279 g/mol. The Hall–Kier alpha value is -1.17. The number of ether oxygens (including phenoxy) is 1. The number of anilines is 1. The second-order valence-electron chi connectivity index (χ2n) is 5.47. The molecule has 3 rings (SSSR count). The zero-order chi connectivity index (χ0) is 13.8. The van der Waals surface area contributed by atoms with Crippen LogP contribution in [-0.4, -0.2) is 63.4 Å². The van der Waals surface area contributed by atoms with Crippen molar-refractivity contribution < 1.29 is 9.13 Å². The summed E-state index contributed by atoms with van der Waals surface area (Å²) in [6, 6.07) is 7.47. The van der Waals surface area contributed by atoms with Gasteiger partial charge in [0.2, 0.25) is 0 Å². The summed E-state index contributed by atoms with van der Waals surface area (Å²) in [5.41, 5.74) is 0.728. The standard InChI is InChI=1S/C15H22FN3O/c16-14-3-1-2-4-15(14)19-8-6-18(7-9-19)11-13-12-20-10-5-17-13/h1-4,13,17H,5-12H2. The predicted octanol–water partition coefficient (Wildman–Crippen LogP) is 0.936. The van der Waals surface area contributed by atoms with Crippen LogP contribution in [0.15, 0.2) is 24.3 Å². The lowest BCUT2D eigenvalue weighted by molar-refractivity contribution is 0.0610. The fourth-order valence-electron chi connectivity index (χ4n) is 2.93. The number of nitrogens with zero attached hydrogens (tertiary/aromatic N) is 2. The molecule has 2 saturated heterocycles. The summed E-state index contributed by atoms with van der Waals surface area (Å²) in [5.74, 6) is -0.122. The van der Waals surface area contributed by atoms with Gasteiger partial charge in [0.1, 0.15) is 5.82 Å². The highest BCUT2D eigenvalue weighted by atomic mass is 19.1. The van der Waals surface area contributed by atoms with Crippen LogP contribution in [0.5, 0.6) is 0 Å². The Morgan fingerprint density at radius 2 is 2.00 bits per heavy atom. The van der Waals surface area contributed by atoms with Gasteiger partial charge in [-0.05, 0) is 12.1 Å². The maximum Gasteiger partial charge on any atom is 0.146 e. The third-order valence-corrected chi connectivity index (χ3v) is 4.04. The molecule has 1 atom stereocenters. The molecule has 0 aromatic heterocycles. The number of morpholine rings is 1. The first-order valence-electron chi connectivity index (χ1n) is 7.36. The highest BCUT2D eigenvalue weighted by molar-refractivity contribution is 5.47. The van der Waals surface area contributed by atoms with E-state index in [1.54, 1.807) is 6.07 Å². The van der Waals surface area contributed by atoms with Crippen molar-refractivity contribution in [1.82, 2.24) is 10.2 Å². The second-order valence-corrected chi connectivity index (χ2v) is 5.47. The van der Waals surface area contributed by atoms with E-state index < -0.39 is 0 Å². The Bertz CT molecular complexity index is 429. The molecule has 0 bridgehead atoms. The molecule has 2 fully saturated rings. The maximum absolute atomic E-state index is 13.8. The van der Waals surface area contributed by atoms with Gasteiger partial charge in [-0.15, -0.1) is 0 Å². The topological polar surface area (TPSA) is 27.7 Å². The van der Waals surface area contributed by atoms with Gasteiger partial charge in [0, 0.05) is 45.3 Å². The normalized spacial score (nSPS) is 24.9. The molecular weight excluding hydrogens is 257 g/mol. The molecule has 0 spiro atoms. The minimum Gasteiger partial charge on any atom is -0.378 e. The molecule has 1 N–H and O–H groups in total. The second kappa shape index (κ2) is 6.52. The van der Waals surface area contributed by atoms with Gasteiger partial charge in [-0.2, -0.15) is 0 Å². The number of halogens is 1. The number of piperazine rings is 1. The molecule has 1 unspecified atom stereocenters. The number of nitrogens with one attached hydrogen (secondary N) is 1. The fourth-order valence-corrected chi connectivity index (χ4v) is 2.93. The minimum atomic E-state index is -0.122. The Morgan fingerprint density at radius 3 is 2.70 bits per heavy atom. The van der Waals surface area contributed by atoms with Crippen LogP contribution in [0.2, 0.25) is 0 Å². The first-order valence-corrected chi connectivity index (χ1v) is 7.36. The lowest BCUT2D eigenvalue weighted by Crippen LogP contribution is -2.53. The van der Waals surface area contributed by atoms with E-state index in [2.05, 4.69) is 15.1 Å². The third kappa shape index (κ3) is 3.29. The zero-order valence-corrected chi connectivity index (χ0v) is 11.7. The van der Waals surface area contributed by atoms with Crippen molar-refractivity contribution in [3.63, 3.8) is 0 Å². The number of rotatable bonds is 3. The summed E-state index contributed by atoms with van der Waals surface area (Å²) in [4.78, 5) is 4.57. The summed E-state index contributed by atoms with van der Waals surface area (Å²) >= 11 is 0. The van der Waals surface area contributed by atoms with E-state index in [4.69, 9.17) is 4.74 Å². The number of benzene rings is 1. The summed E-state index contributed by atoms with van der Waals surface area (Å²) < 4.78 is 19.2. The molecule has 0 amide bonds. The van der Waals surface area contributed by atoms with Crippen LogP contribution >= 0.6 is 0 Å². The maximum atomic E-state index is 13.8. The third-order valence-electron chi connectivity index (χ3n) is 4.04. The quantitative estimate of drug-likeness (QED) is 0.891. The first kappa shape index (κ1) is 13.8. The van der Waals surface area contributed by atoms with Crippen LogP contribution in [0, 0.1) is 5.82 Å². The molecule has 2 aliphatic heterocycles. The Balaban J connectivity index is 1.50. The molecular formula is C15H22FN3O. The Kier molecular flexibility index (Phi) is 4.50. The molecule has 0 aliphatic carbocycles.